The number of hydrogen-bond acceptors (Lipinski definition) is 50. The van der Waals surface area contributed by atoms with Crippen LogP contribution < -0.4 is 16.0 Å². The van der Waals surface area contributed by atoms with Crippen molar-refractivity contribution in [2.75, 3.05) is 59.5 Å². The zero-order valence-electron chi connectivity index (χ0n) is 63.7. The van der Waals surface area contributed by atoms with Crippen LogP contribution in [-0.2, 0) is 104 Å². The maximum atomic E-state index is 13.2. The Bertz CT molecular complexity index is 3150. The summed E-state index contributed by atoms with van der Waals surface area (Å²) in [6.45, 7) is -5.57. The van der Waals surface area contributed by atoms with Crippen molar-refractivity contribution in [1.29, 1.82) is 0 Å². The molecule has 50 atom stereocenters. The molecule has 0 aromatic rings. The second-order valence-electron chi connectivity index (χ2n) is 30.3. The molecule has 10 aliphatic heterocycles. The van der Waals surface area contributed by atoms with E-state index in [9.17, 15) is 157 Å². The van der Waals surface area contributed by atoms with Crippen molar-refractivity contribution >= 4 is 17.7 Å². The van der Waals surface area contributed by atoms with Crippen LogP contribution in [0.25, 0.3) is 0 Å². The smallest absolute Gasteiger partial charge is 0.217 e. The van der Waals surface area contributed by atoms with E-state index in [4.69, 9.17) is 90.0 Å². The van der Waals surface area contributed by atoms with Gasteiger partial charge in [-0.15, -0.1) is 0 Å². The van der Waals surface area contributed by atoms with Crippen LogP contribution in [0, 0.1) is 0 Å². The Morgan fingerprint density at radius 3 is 0.950 bits per heavy atom. The van der Waals surface area contributed by atoms with Crippen LogP contribution in [0.3, 0.4) is 0 Å². The normalized spacial score (nSPS) is 50.7. The van der Waals surface area contributed by atoms with Crippen molar-refractivity contribution in [3.8, 4) is 0 Å². The molecule has 53 nitrogen and oxygen atoms in total. The van der Waals surface area contributed by atoms with Crippen LogP contribution in [0.2, 0.25) is 0 Å². The highest BCUT2D eigenvalue weighted by atomic mass is 16.8. The molecule has 0 aromatic heterocycles. The molecular formula is C66H111N3O50. The fraction of sp³-hybridized carbons (Fsp3) is 0.955. The number of hydrogen-bond donors (Lipinski definition) is 31. The zero-order chi connectivity index (χ0) is 87.5. The lowest BCUT2D eigenvalue weighted by Gasteiger charge is -2.51. The second kappa shape index (κ2) is 42.4. The molecule has 0 saturated carbocycles. The first-order chi connectivity index (χ1) is 56.2. The van der Waals surface area contributed by atoms with E-state index < -0.39 is 384 Å². The average Bonchev–Trinajstić information content (AvgIpc) is 0.770. The van der Waals surface area contributed by atoms with Crippen molar-refractivity contribution in [3.05, 3.63) is 0 Å². The van der Waals surface area contributed by atoms with E-state index in [1.165, 1.54) is 6.92 Å². The molecule has 119 heavy (non-hydrogen) atoms. The lowest BCUT2D eigenvalue weighted by atomic mass is 9.93. The SMILES string of the molecule is CC(=O)N[C@@H]1[C@H](O[C@@H]2[C@@H](O[C@@H]3[C@H](O)[C@H](O[C@H]4[C@H](O)[C@@H](NC(C)=O)[C@H](O[C@H]5[C@H](O)[C@@H](CO[C@@H]6O[C@@H](C)[C@@H](O)[C@@H](O)[C@@H]6O)OC(O)[C@@H]5NC(C)=O)O[C@@H]4CO)O[C@H](CO[C@H]4O[C@H](CO[C@H]5O[C@H](CO)[C@@H](O)[C@H](O)[C@@H]5O)[C@@H](O)[C@H](O)[C@@H]4O[C@H]4O[C@H](CO)[C@@H](O)[C@H](O)[C@@H]4O)[C@H]3O)O[C@H](CO)[C@@H](O)[C@@H]2O)O[C@H](CO)[C@@H](O[C@@H]2O[C@H](CO)[C@H](O)[C@H](O)[C@H]2O)[C@@H]1O. The first-order valence-corrected chi connectivity index (χ1v) is 38.0. The summed E-state index contributed by atoms with van der Waals surface area (Å²) in [6, 6.07) is -5.81. The van der Waals surface area contributed by atoms with Crippen molar-refractivity contribution in [2.45, 2.75) is 335 Å². The van der Waals surface area contributed by atoms with Crippen LogP contribution in [0.1, 0.15) is 27.7 Å². The molecule has 1 unspecified atom stereocenters. The molecular weight excluding hydrogens is 1630 g/mol. The summed E-state index contributed by atoms with van der Waals surface area (Å²) < 4.78 is 112. The van der Waals surface area contributed by atoms with Gasteiger partial charge >= 0.3 is 0 Å². The fourth-order valence-corrected chi connectivity index (χ4v) is 15.3. The predicted octanol–water partition coefficient (Wildman–Crippen LogP) is -21.3. The number of aliphatic hydroxyl groups is 28. The van der Waals surface area contributed by atoms with Crippen molar-refractivity contribution in [1.82, 2.24) is 16.0 Å². The van der Waals surface area contributed by atoms with Crippen LogP contribution in [0.15, 0.2) is 0 Å². The van der Waals surface area contributed by atoms with Gasteiger partial charge in [-0.1, -0.05) is 0 Å². The highest BCUT2D eigenvalue weighted by molar-refractivity contribution is 5.74. The van der Waals surface area contributed by atoms with E-state index in [0.717, 1.165) is 20.8 Å². The lowest BCUT2D eigenvalue weighted by Crippen LogP contribution is -2.71. The van der Waals surface area contributed by atoms with Gasteiger partial charge in [-0.3, -0.25) is 14.4 Å². The van der Waals surface area contributed by atoms with Crippen molar-refractivity contribution in [2.24, 2.45) is 0 Å². The number of carbonyl (C=O) groups excluding carboxylic acids is 3. The van der Waals surface area contributed by atoms with Gasteiger partial charge in [0.25, 0.3) is 0 Å². The summed E-state index contributed by atoms with van der Waals surface area (Å²) in [5.41, 5.74) is 0. The van der Waals surface area contributed by atoms with E-state index in [1.54, 1.807) is 0 Å². The van der Waals surface area contributed by atoms with Crippen molar-refractivity contribution in [3.63, 3.8) is 0 Å². The van der Waals surface area contributed by atoms with Gasteiger partial charge in [-0.2, -0.15) is 0 Å². The Morgan fingerprint density at radius 2 is 0.513 bits per heavy atom. The molecule has 10 rings (SSSR count). The molecule has 10 fully saturated rings. The third-order valence-corrected chi connectivity index (χ3v) is 22.0. The number of carbonyl (C=O) groups is 3. The van der Waals surface area contributed by atoms with Crippen molar-refractivity contribution < 1.29 is 247 Å². The molecule has 0 bridgehead atoms. The summed E-state index contributed by atoms with van der Waals surface area (Å²) in [5.74, 6) is -2.85. The Labute approximate surface area is 673 Å². The third-order valence-electron chi connectivity index (χ3n) is 22.0. The molecule has 31 N–H and O–H groups in total. The molecule has 10 heterocycles. The molecule has 0 aromatic carbocycles. The van der Waals surface area contributed by atoms with Gasteiger partial charge in [-0.25, -0.2) is 0 Å². The summed E-state index contributed by atoms with van der Waals surface area (Å²) >= 11 is 0. The molecule has 690 valence electrons. The van der Waals surface area contributed by atoms with Gasteiger partial charge in [0.05, 0.1) is 65.6 Å². The Kier molecular flexibility index (Phi) is 34.8. The Hall–Kier alpha value is -3.47. The van der Waals surface area contributed by atoms with Gasteiger partial charge in [0.1, 0.15) is 238 Å². The highest BCUT2D eigenvalue weighted by Crippen LogP contribution is 2.40. The monoisotopic (exact) mass is 1750 g/mol. The largest absolute Gasteiger partial charge is 0.394 e. The summed E-state index contributed by atoms with van der Waals surface area (Å²) in [6.07, 6.45) is -97.7. The van der Waals surface area contributed by atoms with Crippen LogP contribution in [-0.4, -0.2) is 527 Å². The van der Waals surface area contributed by atoms with E-state index in [0.29, 0.717) is 0 Å². The minimum absolute atomic E-state index is 0.820. The highest BCUT2D eigenvalue weighted by Gasteiger charge is 2.61. The van der Waals surface area contributed by atoms with Gasteiger partial charge in [-0.05, 0) is 6.92 Å². The standard InChI is InChI=1S/C66H111N3O50/c1-14-30(79)40(89)46(95)60(104-14)101-12-25-36(85)53(29(57(100)105-25)69-17(4)78)116-58-27(67-15(2)76)38(87)52(23(10-75)110-58)115-64-50(99)54(117-66-56(44(93)34(83)21(8-73)109-66)118-59-28(68-16(3)77)39(88)51(22(9-74)111-59)114-62-48(97)42(91)32(81)19(6-71)107-62)37(86)26(112-64)13-103-65-55(119-63-49(98)43(92)33(82)20(7-72)108-63)45(94)35(84)24(113-65)11-102-61-47(96)41(90)31(80)18(5-70)106-61/h14,18-66,70-75,79-100H,5-13H2,1-4H3,(H,67,76)(H,68,77)(H,69,78)/t14-,18+,19+,20+,21+,22+,23+,24+,25+,26+,27+,28-,29+,30+,31+,32-,33+,34+,35+,36+,37+,38+,39+,40+,41-,42-,43-,44-,45-,46-,47-,48+,49-,50-,51+,52+,53+,54-,55-,56-,57?,58-,59-,60+,61-,62-,63+,64-,65-,66+/m0/s1. The number of ether oxygens (including phenoxy) is 19. The van der Waals surface area contributed by atoms with Gasteiger partial charge in [0, 0.05) is 20.8 Å². The molecule has 3 amide bonds. The number of rotatable bonds is 30. The average molecular weight is 1750 g/mol. The van der Waals surface area contributed by atoms with Gasteiger partial charge in [0.2, 0.25) is 17.7 Å². The maximum Gasteiger partial charge on any atom is 0.217 e. The van der Waals surface area contributed by atoms with Crippen LogP contribution in [0.5, 0.6) is 0 Å². The quantitative estimate of drug-likeness (QED) is 0.0318. The molecule has 10 saturated heterocycles. The number of aliphatic hydroxyl groups excluding tert-OH is 28. The van der Waals surface area contributed by atoms with E-state index in [-0.39, 0.29) is 0 Å². The first-order valence-electron chi connectivity index (χ1n) is 38.0. The third kappa shape index (κ3) is 21.5. The summed E-state index contributed by atoms with van der Waals surface area (Å²) in [4.78, 5) is 38.9. The topological polar surface area (TPSA) is 829 Å². The van der Waals surface area contributed by atoms with E-state index in [2.05, 4.69) is 16.0 Å². The first kappa shape index (κ1) is 97.7. The maximum absolute atomic E-state index is 13.2. The lowest BCUT2D eigenvalue weighted by molar-refractivity contribution is -0.399. The zero-order valence-corrected chi connectivity index (χ0v) is 63.7. The fourth-order valence-electron chi connectivity index (χ4n) is 15.3. The molecule has 0 aliphatic carbocycles. The molecule has 0 spiro atoms. The molecule has 10 aliphatic rings. The molecule has 0 radical (unpaired) electrons. The van der Waals surface area contributed by atoms with Crippen LogP contribution >= 0.6 is 0 Å². The van der Waals surface area contributed by atoms with Gasteiger partial charge < -0.3 is 249 Å². The van der Waals surface area contributed by atoms with Crippen LogP contribution in [0.4, 0.5) is 0 Å². The summed E-state index contributed by atoms with van der Waals surface area (Å²) in [5, 5.41) is 318. The minimum Gasteiger partial charge on any atom is -0.394 e. The molecule has 53 heteroatoms. The number of nitrogens with one attached hydrogen (secondary N) is 3. The summed E-state index contributed by atoms with van der Waals surface area (Å²) in [7, 11) is 0. The Balaban J connectivity index is 0.987. The van der Waals surface area contributed by atoms with Gasteiger partial charge in [0.15, 0.2) is 62.9 Å². The van der Waals surface area contributed by atoms with E-state index in [1.807, 2.05) is 0 Å². The Morgan fingerprint density at radius 1 is 0.235 bits per heavy atom. The number of amides is 3. The van der Waals surface area contributed by atoms with E-state index >= 15 is 0 Å². The minimum atomic E-state index is -2.64. The second-order valence-corrected chi connectivity index (χ2v) is 30.3. The predicted molar refractivity (Wildman–Crippen MR) is 363 cm³/mol.